The van der Waals surface area contributed by atoms with E-state index >= 15 is 0 Å². The molecule has 1 unspecified atom stereocenters. The molecule has 0 spiro atoms. The monoisotopic (exact) mass is 226 g/mol. The number of amides is 1. The van der Waals surface area contributed by atoms with Crippen LogP contribution in [0, 0.1) is 5.95 Å². The maximum Gasteiger partial charge on any atom is 0.258 e. The summed E-state index contributed by atoms with van der Waals surface area (Å²) in [5.74, 6) is -1.14. The third kappa shape index (κ3) is 2.76. The maximum absolute atomic E-state index is 13.3. The lowest BCUT2D eigenvalue weighted by molar-refractivity contribution is 0.0628. The van der Waals surface area contributed by atoms with E-state index in [0.29, 0.717) is 6.61 Å². The highest BCUT2D eigenvalue weighted by atomic mass is 19.1. The Labute approximate surface area is 94.0 Å². The fourth-order valence-corrected chi connectivity index (χ4v) is 1.29. The van der Waals surface area contributed by atoms with Crippen LogP contribution in [0.15, 0.2) is 18.3 Å². The van der Waals surface area contributed by atoms with Crippen LogP contribution < -0.4 is 0 Å². The molecule has 0 bridgehead atoms. The highest BCUT2D eigenvalue weighted by molar-refractivity contribution is 5.94. The molecule has 88 valence electrons. The van der Waals surface area contributed by atoms with Gasteiger partial charge in [-0.1, -0.05) is 0 Å². The number of rotatable bonds is 4. The molecular weight excluding hydrogens is 211 g/mol. The van der Waals surface area contributed by atoms with Gasteiger partial charge in [-0.05, 0) is 19.1 Å². The molecule has 0 N–H and O–H groups in total. The molecule has 1 aromatic heterocycles. The number of halogens is 1. The third-order valence-corrected chi connectivity index (χ3v) is 2.38. The van der Waals surface area contributed by atoms with E-state index < -0.39 is 11.9 Å². The highest BCUT2D eigenvalue weighted by Crippen LogP contribution is 2.09. The van der Waals surface area contributed by atoms with Gasteiger partial charge in [0.25, 0.3) is 5.91 Å². The molecule has 0 fully saturated rings. The second kappa shape index (κ2) is 5.55. The molecule has 0 saturated heterocycles. The number of ether oxygens (including phenoxy) is 1. The molecule has 1 atom stereocenters. The van der Waals surface area contributed by atoms with Crippen LogP contribution in [0.4, 0.5) is 4.39 Å². The molecule has 0 aliphatic heterocycles. The second-order valence-corrected chi connectivity index (χ2v) is 3.56. The van der Waals surface area contributed by atoms with Gasteiger partial charge in [0, 0.05) is 20.4 Å². The van der Waals surface area contributed by atoms with Gasteiger partial charge in [-0.15, -0.1) is 0 Å². The largest absolute Gasteiger partial charge is 0.383 e. The average molecular weight is 226 g/mol. The molecule has 0 aromatic carbocycles. The van der Waals surface area contributed by atoms with Crippen molar-refractivity contribution in [1.29, 1.82) is 0 Å². The zero-order valence-corrected chi connectivity index (χ0v) is 9.61. The van der Waals surface area contributed by atoms with Crippen molar-refractivity contribution in [3.05, 3.63) is 29.8 Å². The SMILES string of the molecule is COCC(C)N(C)C(=O)c1cccnc1F. The van der Waals surface area contributed by atoms with E-state index in [9.17, 15) is 9.18 Å². The predicted octanol–water partition coefficient (Wildman–Crippen LogP) is 1.33. The van der Waals surface area contributed by atoms with Crippen LogP contribution in [0.25, 0.3) is 0 Å². The Hall–Kier alpha value is -1.49. The first kappa shape index (κ1) is 12.6. The summed E-state index contributed by atoms with van der Waals surface area (Å²) in [6.07, 6.45) is 1.31. The highest BCUT2D eigenvalue weighted by Gasteiger charge is 2.20. The van der Waals surface area contributed by atoms with Crippen molar-refractivity contribution in [1.82, 2.24) is 9.88 Å². The van der Waals surface area contributed by atoms with Gasteiger partial charge in [0.05, 0.1) is 18.2 Å². The van der Waals surface area contributed by atoms with Gasteiger partial charge >= 0.3 is 0 Å². The van der Waals surface area contributed by atoms with E-state index in [1.807, 2.05) is 6.92 Å². The number of carbonyl (C=O) groups excluding carboxylic acids is 1. The summed E-state index contributed by atoms with van der Waals surface area (Å²) in [5.41, 5.74) is -0.0204. The number of hydrogen-bond acceptors (Lipinski definition) is 3. The fraction of sp³-hybridized carbons (Fsp3) is 0.455. The molecule has 1 aromatic rings. The minimum Gasteiger partial charge on any atom is -0.383 e. The second-order valence-electron chi connectivity index (χ2n) is 3.56. The zero-order valence-electron chi connectivity index (χ0n) is 9.61. The lowest BCUT2D eigenvalue weighted by Crippen LogP contribution is -2.38. The molecule has 0 aliphatic carbocycles. The molecule has 0 aliphatic rings. The van der Waals surface area contributed by atoms with Gasteiger partial charge < -0.3 is 9.64 Å². The summed E-state index contributed by atoms with van der Waals surface area (Å²) in [7, 11) is 3.16. The van der Waals surface area contributed by atoms with Gasteiger partial charge in [-0.3, -0.25) is 4.79 Å². The number of methoxy groups -OCH3 is 1. The Morgan fingerprint density at radius 2 is 2.38 bits per heavy atom. The van der Waals surface area contributed by atoms with Gasteiger partial charge in [-0.25, -0.2) is 4.98 Å². The first-order chi connectivity index (χ1) is 7.57. The molecular formula is C11H15FN2O2. The minimum absolute atomic E-state index is 0.0204. The molecule has 0 radical (unpaired) electrons. The molecule has 1 rings (SSSR count). The molecule has 1 heterocycles. The Morgan fingerprint density at radius 1 is 1.69 bits per heavy atom. The fourth-order valence-electron chi connectivity index (χ4n) is 1.29. The Kier molecular flexibility index (Phi) is 4.37. The number of hydrogen-bond donors (Lipinski definition) is 0. The van der Waals surface area contributed by atoms with Crippen molar-refractivity contribution >= 4 is 5.91 Å². The standard InChI is InChI=1S/C11H15FN2O2/c1-8(7-16-3)14(2)11(15)9-5-4-6-13-10(9)12/h4-6,8H,7H2,1-3H3. The maximum atomic E-state index is 13.3. The molecule has 1 amide bonds. The minimum atomic E-state index is -0.746. The number of pyridine rings is 1. The van der Waals surface area contributed by atoms with Crippen molar-refractivity contribution in [2.75, 3.05) is 20.8 Å². The van der Waals surface area contributed by atoms with E-state index in [4.69, 9.17) is 4.74 Å². The van der Waals surface area contributed by atoms with Crippen molar-refractivity contribution in [2.45, 2.75) is 13.0 Å². The normalized spacial score (nSPS) is 12.2. The summed E-state index contributed by atoms with van der Waals surface area (Å²) in [6.45, 7) is 2.24. The van der Waals surface area contributed by atoms with Gasteiger partial charge in [0.15, 0.2) is 0 Å². The summed E-state index contributed by atoms with van der Waals surface area (Å²) in [6, 6.07) is 2.84. The zero-order chi connectivity index (χ0) is 12.1. The Morgan fingerprint density at radius 3 is 2.94 bits per heavy atom. The lowest BCUT2D eigenvalue weighted by atomic mass is 10.2. The smallest absolute Gasteiger partial charge is 0.258 e. The van der Waals surface area contributed by atoms with E-state index in [2.05, 4.69) is 4.98 Å². The Balaban J connectivity index is 2.82. The summed E-state index contributed by atoms with van der Waals surface area (Å²) >= 11 is 0. The van der Waals surface area contributed by atoms with Crippen LogP contribution in [0.3, 0.4) is 0 Å². The summed E-state index contributed by atoms with van der Waals surface area (Å²) in [5, 5.41) is 0. The Bertz CT molecular complexity index is 371. The van der Waals surface area contributed by atoms with Crippen molar-refractivity contribution in [3.63, 3.8) is 0 Å². The van der Waals surface area contributed by atoms with Crippen molar-refractivity contribution < 1.29 is 13.9 Å². The van der Waals surface area contributed by atoms with Gasteiger partial charge in [0.2, 0.25) is 5.95 Å². The van der Waals surface area contributed by atoms with E-state index in [1.54, 1.807) is 14.2 Å². The summed E-state index contributed by atoms with van der Waals surface area (Å²) in [4.78, 5) is 16.7. The topological polar surface area (TPSA) is 42.4 Å². The summed E-state index contributed by atoms with van der Waals surface area (Å²) < 4.78 is 18.2. The molecule has 5 heteroatoms. The molecule has 0 saturated carbocycles. The first-order valence-electron chi connectivity index (χ1n) is 4.94. The van der Waals surface area contributed by atoms with E-state index in [0.717, 1.165) is 0 Å². The quantitative estimate of drug-likeness (QED) is 0.727. The van der Waals surface area contributed by atoms with Crippen LogP contribution in [-0.4, -0.2) is 42.6 Å². The van der Waals surface area contributed by atoms with Crippen molar-refractivity contribution in [3.8, 4) is 0 Å². The number of aromatic nitrogens is 1. The first-order valence-corrected chi connectivity index (χ1v) is 4.94. The van der Waals surface area contributed by atoms with Crippen LogP contribution in [0.1, 0.15) is 17.3 Å². The lowest BCUT2D eigenvalue weighted by Gasteiger charge is -2.24. The van der Waals surface area contributed by atoms with Crippen molar-refractivity contribution in [2.24, 2.45) is 0 Å². The molecule has 4 nitrogen and oxygen atoms in total. The van der Waals surface area contributed by atoms with Crippen LogP contribution in [0.2, 0.25) is 0 Å². The van der Waals surface area contributed by atoms with Crippen LogP contribution in [0.5, 0.6) is 0 Å². The molecule has 16 heavy (non-hydrogen) atoms. The number of likely N-dealkylation sites (N-methyl/N-ethyl adjacent to an activating group) is 1. The third-order valence-electron chi connectivity index (χ3n) is 2.38. The van der Waals surface area contributed by atoms with E-state index in [1.165, 1.54) is 23.2 Å². The average Bonchev–Trinajstić information content (AvgIpc) is 2.28. The number of nitrogens with zero attached hydrogens (tertiary/aromatic N) is 2. The van der Waals surface area contributed by atoms with Gasteiger partial charge in [0.1, 0.15) is 0 Å². The predicted molar refractivity (Wildman–Crippen MR) is 57.6 cm³/mol. The van der Waals surface area contributed by atoms with Gasteiger partial charge in [-0.2, -0.15) is 4.39 Å². The number of carbonyl (C=O) groups is 1. The van der Waals surface area contributed by atoms with Crippen LogP contribution in [-0.2, 0) is 4.74 Å². The van der Waals surface area contributed by atoms with E-state index in [-0.39, 0.29) is 11.6 Å². The van der Waals surface area contributed by atoms with Crippen LogP contribution >= 0.6 is 0 Å².